The van der Waals surface area contributed by atoms with Gasteiger partial charge in [-0.25, -0.2) is 0 Å². The Morgan fingerprint density at radius 3 is 2.89 bits per heavy atom. The molecule has 108 valence electrons. The van der Waals surface area contributed by atoms with Crippen LogP contribution >= 0.6 is 0 Å². The molecule has 2 N–H and O–H groups in total. The smallest absolute Gasteiger partial charge is 0.240 e. The first kappa shape index (κ1) is 14.5. The normalized spacial score (nSPS) is 23.4. The summed E-state index contributed by atoms with van der Waals surface area (Å²) < 4.78 is 5.34. The molecule has 1 aromatic heterocycles. The molecule has 19 heavy (non-hydrogen) atoms. The first-order valence-electron chi connectivity index (χ1n) is 7.54. The molecule has 5 heteroatoms. The molecular weight excluding hydrogens is 240 g/mol. The summed E-state index contributed by atoms with van der Waals surface area (Å²) in [5.74, 6) is 2.20. The van der Waals surface area contributed by atoms with Crippen molar-refractivity contribution in [3.63, 3.8) is 0 Å². The van der Waals surface area contributed by atoms with Gasteiger partial charge in [-0.2, -0.15) is 4.98 Å². The predicted octanol–water partition coefficient (Wildman–Crippen LogP) is 1.97. The first-order chi connectivity index (χ1) is 9.28. The van der Waals surface area contributed by atoms with E-state index >= 15 is 0 Å². The maximum absolute atomic E-state index is 5.88. The summed E-state index contributed by atoms with van der Waals surface area (Å²) >= 11 is 0. The van der Waals surface area contributed by atoms with Crippen molar-refractivity contribution in [2.45, 2.75) is 58.5 Å². The average molecular weight is 266 g/mol. The van der Waals surface area contributed by atoms with E-state index in [9.17, 15) is 0 Å². The number of aryl methyl sites for hydroxylation is 1. The lowest BCUT2D eigenvalue weighted by Crippen LogP contribution is -2.39. The lowest BCUT2D eigenvalue weighted by molar-refractivity contribution is 0.143. The van der Waals surface area contributed by atoms with Crippen LogP contribution in [-0.2, 0) is 13.0 Å². The number of aromatic nitrogens is 2. The van der Waals surface area contributed by atoms with Crippen molar-refractivity contribution in [1.29, 1.82) is 0 Å². The van der Waals surface area contributed by atoms with Crippen LogP contribution in [0.2, 0.25) is 0 Å². The molecule has 0 aromatic carbocycles. The molecular formula is C14H26N4O. The summed E-state index contributed by atoms with van der Waals surface area (Å²) in [6.07, 6.45) is 5.72. The second-order valence-corrected chi connectivity index (χ2v) is 5.41. The molecule has 0 amide bonds. The Labute approximate surface area is 115 Å². The van der Waals surface area contributed by atoms with E-state index in [-0.39, 0.29) is 0 Å². The van der Waals surface area contributed by atoms with Gasteiger partial charge >= 0.3 is 0 Å². The van der Waals surface area contributed by atoms with Crippen LogP contribution in [0.15, 0.2) is 4.52 Å². The Hall–Kier alpha value is -0.940. The van der Waals surface area contributed by atoms with Crippen molar-refractivity contribution >= 4 is 0 Å². The average Bonchev–Trinajstić information content (AvgIpc) is 3.05. The van der Waals surface area contributed by atoms with Gasteiger partial charge in [0, 0.05) is 12.5 Å². The van der Waals surface area contributed by atoms with Crippen molar-refractivity contribution in [1.82, 2.24) is 15.0 Å². The highest BCUT2D eigenvalue weighted by molar-refractivity contribution is 4.90. The Morgan fingerprint density at radius 2 is 2.21 bits per heavy atom. The number of hydrogen-bond donors (Lipinski definition) is 1. The van der Waals surface area contributed by atoms with Crippen LogP contribution in [0.1, 0.15) is 51.2 Å². The minimum Gasteiger partial charge on any atom is -0.338 e. The highest BCUT2D eigenvalue weighted by Gasteiger charge is 2.31. The van der Waals surface area contributed by atoms with Gasteiger partial charge in [0.05, 0.1) is 6.54 Å². The molecule has 1 saturated carbocycles. The van der Waals surface area contributed by atoms with Gasteiger partial charge in [0.15, 0.2) is 5.82 Å². The van der Waals surface area contributed by atoms with E-state index in [1.165, 1.54) is 19.3 Å². The molecule has 1 aliphatic carbocycles. The van der Waals surface area contributed by atoms with Gasteiger partial charge in [0.1, 0.15) is 0 Å². The van der Waals surface area contributed by atoms with Crippen LogP contribution < -0.4 is 5.73 Å². The maximum atomic E-state index is 5.88. The fraction of sp³-hybridized carbons (Fsp3) is 0.857. The standard InChI is InChI=1S/C14H26N4O/c1-3-6-13-16-14(19-17-13)10-18(4-2)12-8-5-7-11(12)9-15/h11-12H,3-10,15H2,1-2H3. The lowest BCUT2D eigenvalue weighted by atomic mass is 10.0. The Kier molecular flexibility index (Phi) is 5.34. The molecule has 1 aliphatic rings. The van der Waals surface area contributed by atoms with Gasteiger partial charge in [-0.1, -0.05) is 25.4 Å². The fourth-order valence-corrected chi connectivity index (χ4v) is 3.09. The highest BCUT2D eigenvalue weighted by Crippen LogP contribution is 2.29. The summed E-state index contributed by atoms with van der Waals surface area (Å²) in [6, 6.07) is 0.580. The van der Waals surface area contributed by atoms with E-state index in [4.69, 9.17) is 10.3 Å². The van der Waals surface area contributed by atoms with E-state index in [1.807, 2.05) is 0 Å². The molecule has 1 heterocycles. The van der Waals surface area contributed by atoms with Crippen LogP contribution in [0.25, 0.3) is 0 Å². The topological polar surface area (TPSA) is 68.2 Å². The molecule has 1 fully saturated rings. The Bertz CT molecular complexity index is 379. The third-order valence-electron chi connectivity index (χ3n) is 4.12. The number of nitrogens with zero attached hydrogens (tertiary/aromatic N) is 3. The third-order valence-corrected chi connectivity index (χ3v) is 4.12. The van der Waals surface area contributed by atoms with Crippen LogP contribution in [0.4, 0.5) is 0 Å². The number of rotatable bonds is 7. The van der Waals surface area contributed by atoms with Crippen molar-refractivity contribution < 1.29 is 4.52 Å². The van der Waals surface area contributed by atoms with Crippen molar-refractivity contribution in [2.24, 2.45) is 11.7 Å². The molecule has 2 unspecified atom stereocenters. The second kappa shape index (κ2) is 7.01. The van der Waals surface area contributed by atoms with E-state index in [1.54, 1.807) is 0 Å². The number of nitrogens with two attached hydrogens (primary N) is 1. The van der Waals surface area contributed by atoms with Crippen LogP contribution in [0.3, 0.4) is 0 Å². The Morgan fingerprint density at radius 1 is 1.37 bits per heavy atom. The molecule has 0 aliphatic heterocycles. The summed E-state index contributed by atoms with van der Waals surface area (Å²) in [5.41, 5.74) is 5.88. The summed E-state index contributed by atoms with van der Waals surface area (Å²) in [6.45, 7) is 6.86. The van der Waals surface area contributed by atoms with E-state index in [2.05, 4.69) is 28.9 Å². The first-order valence-corrected chi connectivity index (χ1v) is 7.54. The molecule has 2 rings (SSSR count). The maximum Gasteiger partial charge on any atom is 0.240 e. The largest absolute Gasteiger partial charge is 0.338 e. The molecule has 1 aromatic rings. The summed E-state index contributed by atoms with van der Waals surface area (Å²) in [4.78, 5) is 6.90. The van der Waals surface area contributed by atoms with E-state index in [0.29, 0.717) is 12.0 Å². The zero-order chi connectivity index (χ0) is 13.7. The second-order valence-electron chi connectivity index (χ2n) is 5.41. The summed E-state index contributed by atoms with van der Waals surface area (Å²) in [5, 5.41) is 4.02. The van der Waals surface area contributed by atoms with Gasteiger partial charge in [-0.3, -0.25) is 4.90 Å². The van der Waals surface area contributed by atoms with Gasteiger partial charge in [-0.15, -0.1) is 0 Å². The quantitative estimate of drug-likeness (QED) is 0.817. The minimum absolute atomic E-state index is 0.580. The predicted molar refractivity (Wildman–Crippen MR) is 74.6 cm³/mol. The third kappa shape index (κ3) is 3.54. The van der Waals surface area contributed by atoms with Crippen LogP contribution in [0.5, 0.6) is 0 Å². The molecule has 5 nitrogen and oxygen atoms in total. The van der Waals surface area contributed by atoms with Crippen molar-refractivity contribution in [2.75, 3.05) is 13.1 Å². The zero-order valence-corrected chi connectivity index (χ0v) is 12.1. The van der Waals surface area contributed by atoms with E-state index < -0.39 is 0 Å². The molecule has 0 saturated heterocycles. The van der Waals surface area contributed by atoms with Crippen molar-refractivity contribution in [3.05, 3.63) is 11.7 Å². The van der Waals surface area contributed by atoms with E-state index in [0.717, 1.165) is 44.2 Å². The fourth-order valence-electron chi connectivity index (χ4n) is 3.09. The van der Waals surface area contributed by atoms with Crippen LogP contribution in [0, 0.1) is 5.92 Å². The van der Waals surface area contributed by atoms with Crippen LogP contribution in [-0.4, -0.2) is 34.2 Å². The van der Waals surface area contributed by atoms with Gasteiger partial charge in [0.25, 0.3) is 0 Å². The lowest BCUT2D eigenvalue weighted by Gasteiger charge is -2.30. The zero-order valence-electron chi connectivity index (χ0n) is 12.1. The van der Waals surface area contributed by atoms with Gasteiger partial charge in [-0.05, 0) is 38.3 Å². The molecule has 0 radical (unpaired) electrons. The Balaban J connectivity index is 1.97. The SMILES string of the molecule is CCCc1noc(CN(CC)C2CCCC2CN)n1. The molecule has 0 bridgehead atoms. The van der Waals surface area contributed by atoms with Gasteiger partial charge < -0.3 is 10.3 Å². The van der Waals surface area contributed by atoms with Crippen molar-refractivity contribution in [3.8, 4) is 0 Å². The van der Waals surface area contributed by atoms with Gasteiger partial charge in [0.2, 0.25) is 5.89 Å². The highest BCUT2D eigenvalue weighted by atomic mass is 16.5. The monoisotopic (exact) mass is 266 g/mol. The molecule has 2 atom stereocenters. The summed E-state index contributed by atoms with van der Waals surface area (Å²) in [7, 11) is 0. The molecule has 0 spiro atoms. The number of hydrogen-bond acceptors (Lipinski definition) is 5. The minimum atomic E-state index is 0.580.